The van der Waals surface area contributed by atoms with Gasteiger partial charge in [-0.05, 0) is 94.0 Å². The second-order valence-corrected chi connectivity index (χ2v) is 12.5. The molecule has 0 unspecified atom stereocenters. The molecule has 6 aromatic carbocycles. The lowest BCUT2D eigenvalue weighted by molar-refractivity contribution is 1.48. The molecular formula is C38H20N2S2. The van der Waals surface area contributed by atoms with Gasteiger partial charge in [0.05, 0.1) is 23.3 Å². The van der Waals surface area contributed by atoms with E-state index in [4.69, 9.17) is 0 Å². The smallest absolute Gasteiger partial charge is 0.0998 e. The van der Waals surface area contributed by atoms with Crippen molar-refractivity contribution >= 4 is 63.0 Å². The minimum absolute atomic E-state index is 0.651. The van der Waals surface area contributed by atoms with Crippen LogP contribution in [-0.2, 0) is 0 Å². The maximum Gasteiger partial charge on any atom is 0.0998 e. The summed E-state index contributed by atoms with van der Waals surface area (Å²) in [5.74, 6) is 0. The Hall–Kier alpha value is -5.26. The van der Waals surface area contributed by atoms with E-state index in [9.17, 15) is 10.5 Å². The van der Waals surface area contributed by atoms with Crippen LogP contribution in [0.25, 0.3) is 73.7 Å². The molecule has 2 heterocycles. The molecule has 0 aliphatic carbocycles. The minimum atomic E-state index is 0.651. The van der Waals surface area contributed by atoms with Gasteiger partial charge >= 0.3 is 0 Å². The lowest BCUT2D eigenvalue weighted by atomic mass is 9.89. The van der Waals surface area contributed by atoms with E-state index in [2.05, 4.69) is 97.1 Å². The molecule has 0 fully saturated rings. The lowest BCUT2D eigenvalue weighted by Gasteiger charge is -2.14. The summed E-state index contributed by atoms with van der Waals surface area (Å²) in [6.07, 6.45) is 0. The van der Waals surface area contributed by atoms with Crippen molar-refractivity contribution < 1.29 is 0 Å². The number of thiophene rings is 2. The molecule has 0 aliphatic rings. The molecule has 0 amide bonds. The monoisotopic (exact) mass is 568 g/mol. The van der Waals surface area contributed by atoms with Crippen molar-refractivity contribution in [3.63, 3.8) is 0 Å². The van der Waals surface area contributed by atoms with E-state index >= 15 is 0 Å². The van der Waals surface area contributed by atoms with Crippen molar-refractivity contribution in [2.45, 2.75) is 0 Å². The van der Waals surface area contributed by atoms with Crippen molar-refractivity contribution in [1.29, 1.82) is 10.5 Å². The van der Waals surface area contributed by atoms with Gasteiger partial charge in [-0.2, -0.15) is 10.5 Å². The van der Waals surface area contributed by atoms with Crippen molar-refractivity contribution in [2.75, 3.05) is 0 Å². The summed E-state index contributed by atoms with van der Waals surface area (Å²) in [6, 6.07) is 46.8. The van der Waals surface area contributed by atoms with Gasteiger partial charge in [-0.25, -0.2) is 0 Å². The van der Waals surface area contributed by atoms with E-state index in [0.29, 0.717) is 11.1 Å². The number of nitriles is 2. The van der Waals surface area contributed by atoms with Crippen LogP contribution in [0.1, 0.15) is 11.1 Å². The van der Waals surface area contributed by atoms with Crippen LogP contribution in [-0.4, -0.2) is 0 Å². The Morgan fingerprint density at radius 3 is 1.67 bits per heavy atom. The Labute approximate surface area is 250 Å². The van der Waals surface area contributed by atoms with E-state index in [1.165, 1.54) is 30.4 Å². The Morgan fingerprint density at radius 1 is 0.429 bits per heavy atom. The van der Waals surface area contributed by atoms with Crippen LogP contribution in [0, 0.1) is 22.7 Å². The fourth-order valence-electron chi connectivity index (χ4n) is 6.08. The molecule has 0 radical (unpaired) electrons. The summed E-state index contributed by atoms with van der Waals surface area (Å²) in [5.41, 5.74) is 7.72. The van der Waals surface area contributed by atoms with Crippen LogP contribution in [0.2, 0.25) is 0 Å². The third-order valence-corrected chi connectivity index (χ3v) is 10.2. The number of nitrogens with zero attached hydrogens (tertiary/aromatic N) is 2. The highest BCUT2D eigenvalue weighted by Crippen LogP contribution is 2.45. The molecule has 0 aliphatic heterocycles. The lowest BCUT2D eigenvalue weighted by Crippen LogP contribution is -1.89. The molecule has 0 atom stereocenters. The first-order valence-electron chi connectivity index (χ1n) is 13.6. The van der Waals surface area contributed by atoms with Crippen LogP contribution in [0.15, 0.2) is 121 Å². The van der Waals surface area contributed by atoms with Crippen molar-refractivity contribution in [3.8, 4) is 45.5 Å². The van der Waals surface area contributed by atoms with Gasteiger partial charge in [0.25, 0.3) is 0 Å². The zero-order chi connectivity index (χ0) is 28.2. The minimum Gasteiger partial charge on any atom is -0.192 e. The van der Waals surface area contributed by atoms with Gasteiger partial charge < -0.3 is 0 Å². The molecule has 0 spiro atoms. The first-order valence-corrected chi connectivity index (χ1v) is 15.3. The molecule has 8 rings (SSSR count). The quantitative estimate of drug-likeness (QED) is 0.213. The Bertz CT molecular complexity index is 2450. The van der Waals surface area contributed by atoms with Gasteiger partial charge in [0.2, 0.25) is 0 Å². The predicted octanol–water partition coefficient (Wildman–Crippen LogP) is 11.2. The molecule has 0 bridgehead atoms. The molecule has 4 heteroatoms. The number of fused-ring (bicyclic) bond motifs is 6. The maximum absolute atomic E-state index is 9.99. The van der Waals surface area contributed by atoms with Crippen LogP contribution in [0.5, 0.6) is 0 Å². The summed E-state index contributed by atoms with van der Waals surface area (Å²) in [7, 11) is 0. The van der Waals surface area contributed by atoms with E-state index in [1.54, 1.807) is 11.3 Å². The van der Waals surface area contributed by atoms with Crippen molar-refractivity contribution in [2.24, 2.45) is 0 Å². The molecule has 8 aromatic rings. The van der Waals surface area contributed by atoms with E-state index < -0.39 is 0 Å². The third kappa shape index (κ3) is 3.82. The molecule has 194 valence electrons. The van der Waals surface area contributed by atoms with Crippen LogP contribution < -0.4 is 0 Å². The summed E-state index contributed by atoms with van der Waals surface area (Å²) < 4.78 is 4.88. The predicted molar refractivity (Wildman–Crippen MR) is 178 cm³/mol. The van der Waals surface area contributed by atoms with Gasteiger partial charge in [-0.3, -0.25) is 0 Å². The zero-order valence-electron chi connectivity index (χ0n) is 22.3. The van der Waals surface area contributed by atoms with E-state index in [0.717, 1.165) is 43.3 Å². The first-order chi connectivity index (χ1) is 20.7. The van der Waals surface area contributed by atoms with Crippen molar-refractivity contribution in [3.05, 3.63) is 132 Å². The molecule has 42 heavy (non-hydrogen) atoms. The standard InChI is InChI=1S/C38H20N2S2/c39-21-23-15-16-34-32(17-23)38-30(11-6-14-36(38)42-34)27-19-25(28-8-2-1-7-24(28)22-40)18-26(20-27)29-10-5-13-35-37(29)31-9-3-4-12-33(31)41-35/h1-20H. The Kier molecular flexibility index (Phi) is 5.66. The molecule has 2 nitrogen and oxygen atoms in total. The second-order valence-electron chi connectivity index (χ2n) is 10.3. The fourth-order valence-corrected chi connectivity index (χ4v) is 8.32. The molecular weight excluding hydrogens is 549 g/mol. The Balaban J connectivity index is 1.47. The normalized spacial score (nSPS) is 11.3. The topological polar surface area (TPSA) is 47.6 Å². The summed E-state index contributed by atoms with van der Waals surface area (Å²) in [5, 5.41) is 24.4. The average molecular weight is 569 g/mol. The number of hydrogen-bond donors (Lipinski definition) is 0. The highest BCUT2D eigenvalue weighted by Gasteiger charge is 2.17. The second kappa shape index (κ2) is 9.68. The summed E-state index contributed by atoms with van der Waals surface area (Å²) in [6.45, 7) is 0. The summed E-state index contributed by atoms with van der Waals surface area (Å²) in [4.78, 5) is 0. The summed E-state index contributed by atoms with van der Waals surface area (Å²) >= 11 is 3.57. The number of rotatable bonds is 3. The molecule has 0 N–H and O–H groups in total. The van der Waals surface area contributed by atoms with E-state index in [-0.39, 0.29) is 0 Å². The first kappa shape index (κ1) is 24.5. The highest BCUT2D eigenvalue weighted by molar-refractivity contribution is 7.26. The largest absolute Gasteiger partial charge is 0.192 e. The van der Waals surface area contributed by atoms with Crippen LogP contribution in [0.4, 0.5) is 0 Å². The average Bonchev–Trinajstić information content (AvgIpc) is 3.62. The Morgan fingerprint density at radius 2 is 0.976 bits per heavy atom. The fraction of sp³-hybridized carbons (Fsp3) is 0. The van der Waals surface area contributed by atoms with Gasteiger partial charge in [-0.15, -0.1) is 22.7 Å². The van der Waals surface area contributed by atoms with Gasteiger partial charge in [0.15, 0.2) is 0 Å². The van der Waals surface area contributed by atoms with Gasteiger partial charge in [0.1, 0.15) is 0 Å². The molecule has 0 saturated carbocycles. The number of hydrogen-bond acceptors (Lipinski definition) is 4. The van der Waals surface area contributed by atoms with Gasteiger partial charge in [-0.1, -0.05) is 60.7 Å². The SMILES string of the molecule is N#Cc1ccc2sc3cccc(-c4cc(-c5ccccc5C#N)cc(-c5cccc6sc7ccccc7c56)c4)c3c2c1. The van der Waals surface area contributed by atoms with Crippen LogP contribution in [0.3, 0.4) is 0 Å². The van der Waals surface area contributed by atoms with E-state index in [1.807, 2.05) is 47.7 Å². The highest BCUT2D eigenvalue weighted by atomic mass is 32.1. The van der Waals surface area contributed by atoms with Crippen molar-refractivity contribution in [1.82, 2.24) is 0 Å². The number of benzene rings is 6. The van der Waals surface area contributed by atoms with Gasteiger partial charge in [0, 0.05) is 40.3 Å². The van der Waals surface area contributed by atoms with Crippen LogP contribution >= 0.6 is 22.7 Å². The molecule has 2 aromatic heterocycles. The zero-order valence-corrected chi connectivity index (χ0v) is 23.9. The third-order valence-electron chi connectivity index (χ3n) is 7.94. The molecule has 0 saturated heterocycles. The maximum atomic E-state index is 9.99.